The van der Waals surface area contributed by atoms with Gasteiger partial charge in [0.2, 0.25) is 11.8 Å². The summed E-state index contributed by atoms with van der Waals surface area (Å²) in [5, 5.41) is 16.0. The maximum Gasteiger partial charge on any atom is 0.330 e. The largest absolute Gasteiger partial charge is 0.479 e. The molecule has 1 aromatic carbocycles. The monoisotopic (exact) mass is 384 g/mol. The number of nitrogens with zero attached hydrogens (tertiary/aromatic N) is 1. The van der Waals surface area contributed by atoms with E-state index in [1.807, 2.05) is 36.7 Å². The first kappa shape index (κ1) is 18.8. The smallest absolute Gasteiger partial charge is 0.330 e. The van der Waals surface area contributed by atoms with Crippen molar-refractivity contribution in [2.45, 2.75) is 33.2 Å². The number of hydrogen-bond donors (Lipinski definition) is 2. The molecule has 0 aliphatic carbocycles. The standard InChI is InChI=1S/C20H20N2O4S/c1-11-5-4-6-15(12(11)2)18(20(24)25)22-17(23)9-16-13(3)26-19(21-16)14-7-8-27-10-14/h4-8,10,18H,9H2,1-3H3,(H,22,23)(H,24,25). The molecule has 6 nitrogen and oxygen atoms in total. The molecule has 2 heterocycles. The van der Waals surface area contributed by atoms with Crippen molar-refractivity contribution >= 4 is 23.2 Å². The SMILES string of the molecule is Cc1cccc(C(NC(=O)Cc2nc(-c3ccsc3)oc2C)C(=O)O)c1C. The summed E-state index contributed by atoms with van der Waals surface area (Å²) < 4.78 is 5.63. The fourth-order valence-electron chi connectivity index (χ4n) is 2.82. The highest BCUT2D eigenvalue weighted by molar-refractivity contribution is 7.08. The van der Waals surface area contributed by atoms with E-state index in [1.165, 1.54) is 11.3 Å². The molecule has 0 aliphatic heterocycles. The lowest BCUT2D eigenvalue weighted by Gasteiger charge is -2.18. The van der Waals surface area contributed by atoms with Crippen molar-refractivity contribution in [3.05, 3.63) is 63.2 Å². The van der Waals surface area contributed by atoms with Gasteiger partial charge in [-0.05, 0) is 48.9 Å². The molecule has 3 rings (SSSR count). The number of nitrogens with one attached hydrogen (secondary N) is 1. The summed E-state index contributed by atoms with van der Waals surface area (Å²) in [4.78, 5) is 28.6. The van der Waals surface area contributed by atoms with Crippen molar-refractivity contribution in [1.29, 1.82) is 0 Å². The van der Waals surface area contributed by atoms with E-state index in [0.29, 0.717) is 22.9 Å². The number of amides is 1. The predicted octanol–water partition coefficient (Wildman–Crippen LogP) is 3.81. The molecule has 0 spiro atoms. The second-order valence-corrected chi connectivity index (χ2v) is 7.12. The van der Waals surface area contributed by atoms with Gasteiger partial charge in [0.25, 0.3) is 0 Å². The Morgan fingerprint density at radius 3 is 2.70 bits per heavy atom. The molecule has 27 heavy (non-hydrogen) atoms. The molecule has 1 unspecified atom stereocenters. The number of aliphatic carboxylic acids is 1. The second-order valence-electron chi connectivity index (χ2n) is 6.34. The number of hydrogen-bond acceptors (Lipinski definition) is 5. The van der Waals surface area contributed by atoms with Gasteiger partial charge in [-0.25, -0.2) is 9.78 Å². The molecule has 3 aromatic rings. The Bertz CT molecular complexity index is 976. The van der Waals surface area contributed by atoms with Crippen LogP contribution >= 0.6 is 11.3 Å². The number of thiophene rings is 1. The Morgan fingerprint density at radius 1 is 1.26 bits per heavy atom. The predicted molar refractivity (Wildman–Crippen MR) is 103 cm³/mol. The summed E-state index contributed by atoms with van der Waals surface area (Å²) in [5.74, 6) is -0.518. The van der Waals surface area contributed by atoms with Crippen LogP contribution in [0.5, 0.6) is 0 Å². The maximum absolute atomic E-state index is 12.5. The lowest BCUT2D eigenvalue weighted by Crippen LogP contribution is -2.35. The van der Waals surface area contributed by atoms with Crippen molar-refractivity contribution in [2.75, 3.05) is 0 Å². The number of oxazole rings is 1. The van der Waals surface area contributed by atoms with E-state index in [1.54, 1.807) is 19.1 Å². The third-order valence-electron chi connectivity index (χ3n) is 4.50. The number of carbonyl (C=O) groups is 2. The molecule has 2 aromatic heterocycles. The number of carbonyl (C=O) groups excluding carboxylic acids is 1. The van der Waals surface area contributed by atoms with Crippen molar-refractivity contribution in [3.63, 3.8) is 0 Å². The van der Waals surface area contributed by atoms with Crippen molar-refractivity contribution in [2.24, 2.45) is 0 Å². The summed E-state index contributed by atoms with van der Waals surface area (Å²) >= 11 is 1.53. The summed E-state index contributed by atoms with van der Waals surface area (Å²) in [5.41, 5.74) is 3.75. The Kier molecular flexibility index (Phi) is 5.41. The quantitative estimate of drug-likeness (QED) is 0.674. The van der Waals surface area contributed by atoms with Crippen LogP contribution in [0, 0.1) is 20.8 Å². The summed E-state index contributed by atoms with van der Waals surface area (Å²) in [6.45, 7) is 5.50. The van der Waals surface area contributed by atoms with Gasteiger partial charge in [-0.3, -0.25) is 4.79 Å². The van der Waals surface area contributed by atoms with Gasteiger partial charge in [-0.1, -0.05) is 18.2 Å². The van der Waals surface area contributed by atoms with Gasteiger partial charge >= 0.3 is 5.97 Å². The highest BCUT2D eigenvalue weighted by Gasteiger charge is 2.25. The van der Waals surface area contributed by atoms with Crippen LogP contribution in [0.3, 0.4) is 0 Å². The summed E-state index contributed by atoms with van der Waals surface area (Å²) in [6.07, 6.45) is -0.0475. The lowest BCUT2D eigenvalue weighted by atomic mass is 9.97. The van der Waals surface area contributed by atoms with Crippen molar-refractivity contribution in [3.8, 4) is 11.5 Å². The van der Waals surface area contributed by atoms with Crippen LogP contribution < -0.4 is 5.32 Å². The molecule has 2 N–H and O–H groups in total. The van der Waals surface area contributed by atoms with Gasteiger partial charge in [0.1, 0.15) is 5.76 Å². The van der Waals surface area contributed by atoms with Crippen LogP contribution in [0.15, 0.2) is 39.4 Å². The minimum atomic E-state index is -1.11. The van der Waals surface area contributed by atoms with Gasteiger partial charge in [0.05, 0.1) is 12.1 Å². The average Bonchev–Trinajstić information content (AvgIpc) is 3.26. The van der Waals surface area contributed by atoms with Crippen molar-refractivity contribution in [1.82, 2.24) is 10.3 Å². The van der Waals surface area contributed by atoms with Crippen LogP contribution in [-0.2, 0) is 16.0 Å². The minimum Gasteiger partial charge on any atom is -0.479 e. The van der Waals surface area contributed by atoms with E-state index >= 15 is 0 Å². The third kappa shape index (κ3) is 4.09. The maximum atomic E-state index is 12.5. The number of aryl methyl sites for hydroxylation is 2. The molecule has 1 atom stereocenters. The Morgan fingerprint density at radius 2 is 2.04 bits per heavy atom. The molecule has 0 aliphatic rings. The molecule has 0 radical (unpaired) electrons. The lowest BCUT2D eigenvalue weighted by molar-refractivity contribution is -0.142. The fraction of sp³-hybridized carbons (Fsp3) is 0.250. The number of carboxylic acids is 1. The normalized spacial score (nSPS) is 12.0. The van der Waals surface area contributed by atoms with E-state index in [4.69, 9.17) is 4.42 Å². The highest BCUT2D eigenvalue weighted by Crippen LogP contribution is 2.25. The van der Waals surface area contributed by atoms with Gasteiger partial charge in [0, 0.05) is 10.9 Å². The molecule has 7 heteroatoms. The molecular weight excluding hydrogens is 364 g/mol. The van der Waals surface area contributed by atoms with E-state index < -0.39 is 17.9 Å². The average molecular weight is 384 g/mol. The summed E-state index contributed by atoms with van der Waals surface area (Å²) in [7, 11) is 0. The number of rotatable bonds is 6. The minimum absolute atomic E-state index is 0.0475. The van der Waals surface area contributed by atoms with E-state index in [-0.39, 0.29) is 6.42 Å². The molecule has 0 bridgehead atoms. The van der Waals surface area contributed by atoms with E-state index in [0.717, 1.165) is 16.7 Å². The van der Waals surface area contributed by atoms with Gasteiger partial charge < -0.3 is 14.8 Å². The third-order valence-corrected chi connectivity index (χ3v) is 5.18. The topological polar surface area (TPSA) is 92.4 Å². The number of carboxylic acid groups (broad SMARTS) is 1. The Hall–Kier alpha value is -2.93. The summed E-state index contributed by atoms with van der Waals surface area (Å²) in [6, 6.07) is 6.19. The first-order valence-corrected chi connectivity index (χ1v) is 9.38. The van der Waals surface area contributed by atoms with Gasteiger partial charge in [0.15, 0.2) is 6.04 Å². The van der Waals surface area contributed by atoms with Crippen LogP contribution in [0.4, 0.5) is 0 Å². The van der Waals surface area contributed by atoms with Crippen LogP contribution in [-0.4, -0.2) is 22.0 Å². The number of aromatic nitrogens is 1. The van der Waals surface area contributed by atoms with E-state index in [2.05, 4.69) is 10.3 Å². The molecule has 1 amide bonds. The van der Waals surface area contributed by atoms with Crippen LogP contribution in [0.1, 0.15) is 34.2 Å². The zero-order valence-electron chi connectivity index (χ0n) is 15.3. The molecule has 0 fully saturated rings. The molecule has 140 valence electrons. The highest BCUT2D eigenvalue weighted by atomic mass is 32.1. The van der Waals surface area contributed by atoms with Crippen LogP contribution in [0.2, 0.25) is 0 Å². The molecular formula is C20H20N2O4S. The zero-order valence-corrected chi connectivity index (χ0v) is 16.1. The van der Waals surface area contributed by atoms with Crippen LogP contribution in [0.25, 0.3) is 11.5 Å². The second kappa shape index (κ2) is 7.75. The van der Waals surface area contributed by atoms with Gasteiger partial charge in [-0.15, -0.1) is 0 Å². The first-order valence-electron chi connectivity index (χ1n) is 8.44. The van der Waals surface area contributed by atoms with E-state index in [9.17, 15) is 14.7 Å². The Labute approximate surface area is 160 Å². The van der Waals surface area contributed by atoms with Gasteiger partial charge in [-0.2, -0.15) is 11.3 Å². The Balaban J connectivity index is 1.78. The molecule has 0 saturated carbocycles. The number of benzene rings is 1. The first-order chi connectivity index (χ1) is 12.9. The molecule has 0 saturated heterocycles. The zero-order chi connectivity index (χ0) is 19.6. The fourth-order valence-corrected chi connectivity index (χ4v) is 3.45. The van der Waals surface area contributed by atoms with Crippen molar-refractivity contribution < 1.29 is 19.1 Å².